The molecule has 8 heteroatoms. The Balaban J connectivity index is 2.07. The lowest BCUT2D eigenvalue weighted by Gasteiger charge is -2.18. The Bertz CT molecular complexity index is 619. The van der Waals surface area contributed by atoms with Crippen LogP contribution in [0.4, 0.5) is 19.0 Å². The number of halogens is 3. The zero-order valence-corrected chi connectivity index (χ0v) is 12.8. The number of alkyl halides is 3. The monoisotopic (exact) mass is 329 g/mol. The molecule has 0 saturated heterocycles. The Kier molecular flexibility index (Phi) is 5.12. The van der Waals surface area contributed by atoms with Gasteiger partial charge >= 0.3 is 6.36 Å². The van der Waals surface area contributed by atoms with Crippen LogP contribution < -0.4 is 9.64 Å². The first-order chi connectivity index (χ1) is 10.4. The molecule has 0 saturated carbocycles. The standard InChI is InChI=1S/C14H14F3N3OS/c1-20(12-6-7-13(22-2)19-18-12)9-10-4-3-5-11(8-10)21-14(15,16)17/h3-8H,9H2,1-2H3. The number of thioether (sulfide) groups is 1. The van der Waals surface area contributed by atoms with Crippen LogP contribution in [0.25, 0.3) is 0 Å². The van der Waals surface area contributed by atoms with Gasteiger partial charge in [0.05, 0.1) is 0 Å². The van der Waals surface area contributed by atoms with Crippen LogP contribution in [0, 0.1) is 0 Å². The lowest BCUT2D eigenvalue weighted by atomic mass is 10.2. The van der Waals surface area contributed by atoms with Crippen molar-refractivity contribution in [3.8, 4) is 5.75 Å². The maximum Gasteiger partial charge on any atom is 0.573 e. The minimum absolute atomic E-state index is 0.234. The van der Waals surface area contributed by atoms with E-state index in [1.165, 1.54) is 30.0 Å². The van der Waals surface area contributed by atoms with Gasteiger partial charge in [-0.05, 0) is 36.1 Å². The van der Waals surface area contributed by atoms with Gasteiger partial charge in [-0.15, -0.1) is 35.1 Å². The van der Waals surface area contributed by atoms with Gasteiger partial charge in [-0.3, -0.25) is 0 Å². The van der Waals surface area contributed by atoms with Crippen molar-refractivity contribution in [3.05, 3.63) is 42.0 Å². The maximum absolute atomic E-state index is 12.2. The number of rotatable bonds is 5. The molecular weight excluding hydrogens is 315 g/mol. The Morgan fingerprint density at radius 1 is 1.18 bits per heavy atom. The molecule has 1 aromatic carbocycles. The highest BCUT2D eigenvalue weighted by Crippen LogP contribution is 2.24. The normalized spacial score (nSPS) is 11.3. The van der Waals surface area contributed by atoms with Gasteiger partial charge in [0.1, 0.15) is 10.8 Å². The van der Waals surface area contributed by atoms with Gasteiger partial charge in [-0.1, -0.05) is 12.1 Å². The number of benzene rings is 1. The number of nitrogens with zero attached hydrogens (tertiary/aromatic N) is 3. The molecule has 0 unspecified atom stereocenters. The van der Waals surface area contributed by atoms with Crippen LogP contribution in [0.15, 0.2) is 41.4 Å². The average molecular weight is 329 g/mol. The second-order valence-corrected chi connectivity index (χ2v) is 5.31. The van der Waals surface area contributed by atoms with E-state index in [0.29, 0.717) is 17.9 Å². The molecule has 0 atom stereocenters. The third kappa shape index (κ3) is 4.80. The van der Waals surface area contributed by atoms with E-state index in [-0.39, 0.29) is 5.75 Å². The van der Waals surface area contributed by atoms with Crippen molar-refractivity contribution >= 4 is 17.6 Å². The van der Waals surface area contributed by atoms with Crippen molar-refractivity contribution in [1.82, 2.24) is 10.2 Å². The maximum atomic E-state index is 12.2. The summed E-state index contributed by atoms with van der Waals surface area (Å²) in [5.74, 6) is 0.405. The summed E-state index contributed by atoms with van der Waals surface area (Å²) < 4.78 is 40.6. The van der Waals surface area contributed by atoms with E-state index in [0.717, 1.165) is 5.03 Å². The van der Waals surface area contributed by atoms with Crippen molar-refractivity contribution < 1.29 is 17.9 Å². The second kappa shape index (κ2) is 6.87. The molecule has 0 aliphatic heterocycles. The lowest BCUT2D eigenvalue weighted by molar-refractivity contribution is -0.274. The molecule has 22 heavy (non-hydrogen) atoms. The molecule has 0 aliphatic carbocycles. The summed E-state index contributed by atoms with van der Waals surface area (Å²) in [6, 6.07) is 9.52. The minimum Gasteiger partial charge on any atom is -0.406 e. The molecule has 2 aromatic rings. The summed E-state index contributed by atoms with van der Waals surface area (Å²) in [5.41, 5.74) is 0.681. The molecule has 118 valence electrons. The summed E-state index contributed by atoms with van der Waals surface area (Å²) in [6.07, 6.45) is -2.79. The van der Waals surface area contributed by atoms with Crippen LogP contribution in [0.1, 0.15) is 5.56 Å². The Hall–Kier alpha value is -1.96. The number of hydrogen-bond acceptors (Lipinski definition) is 5. The fraction of sp³-hybridized carbons (Fsp3) is 0.286. The van der Waals surface area contributed by atoms with E-state index in [4.69, 9.17) is 0 Å². The van der Waals surface area contributed by atoms with E-state index >= 15 is 0 Å². The number of ether oxygens (including phenoxy) is 1. The molecule has 0 fully saturated rings. The number of aromatic nitrogens is 2. The van der Waals surface area contributed by atoms with E-state index in [1.807, 2.05) is 18.4 Å². The molecular formula is C14H14F3N3OS. The van der Waals surface area contributed by atoms with Crippen LogP contribution in [-0.4, -0.2) is 29.9 Å². The fourth-order valence-electron chi connectivity index (χ4n) is 1.82. The molecule has 0 N–H and O–H groups in total. The van der Waals surface area contributed by atoms with Gasteiger partial charge in [0.2, 0.25) is 0 Å². The van der Waals surface area contributed by atoms with Crippen LogP contribution >= 0.6 is 11.8 Å². The summed E-state index contributed by atoms with van der Waals surface area (Å²) in [4.78, 5) is 1.80. The number of anilines is 1. The van der Waals surface area contributed by atoms with Gasteiger partial charge in [-0.25, -0.2) is 0 Å². The van der Waals surface area contributed by atoms with Crippen LogP contribution in [-0.2, 0) is 6.54 Å². The first-order valence-electron chi connectivity index (χ1n) is 6.31. The third-order valence-electron chi connectivity index (χ3n) is 2.78. The van der Waals surface area contributed by atoms with Crippen molar-refractivity contribution in [2.45, 2.75) is 17.9 Å². The molecule has 0 bridgehead atoms. The van der Waals surface area contributed by atoms with Crippen LogP contribution in [0.3, 0.4) is 0 Å². The molecule has 0 radical (unpaired) electrons. The van der Waals surface area contributed by atoms with Gasteiger partial charge < -0.3 is 9.64 Å². The first kappa shape index (κ1) is 16.4. The molecule has 0 spiro atoms. The topological polar surface area (TPSA) is 38.2 Å². The van der Waals surface area contributed by atoms with Crippen LogP contribution in [0.5, 0.6) is 5.75 Å². The summed E-state index contributed by atoms with van der Waals surface area (Å²) >= 11 is 1.49. The van der Waals surface area contributed by atoms with Crippen molar-refractivity contribution in [3.63, 3.8) is 0 Å². The Morgan fingerprint density at radius 2 is 1.95 bits per heavy atom. The molecule has 1 heterocycles. The quantitative estimate of drug-likeness (QED) is 0.782. The Labute approximate surface area is 130 Å². The first-order valence-corrected chi connectivity index (χ1v) is 7.53. The lowest BCUT2D eigenvalue weighted by Crippen LogP contribution is -2.19. The van der Waals surface area contributed by atoms with Gasteiger partial charge in [0.15, 0.2) is 5.82 Å². The highest BCUT2D eigenvalue weighted by atomic mass is 32.2. The summed E-state index contributed by atoms with van der Waals surface area (Å²) in [7, 11) is 1.79. The molecule has 2 rings (SSSR count). The second-order valence-electron chi connectivity index (χ2n) is 4.49. The molecule has 1 aromatic heterocycles. The SMILES string of the molecule is CSc1ccc(N(C)Cc2cccc(OC(F)(F)F)c2)nn1. The largest absolute Gasteiger partial charge is 0.573 e. The van der Waals surface area contributed by atoms with E-state index in [9.17, 15) is 13.2 Å². The van der Waals surface area contributed by atoms with Gasteiger partial charge in [0, 0.05) is 13.6 Å². The highest BCUT2D eigenvalue weighted by molar-refractivity contribution is 7.98. The average Bonchev–Trinajstić information content (AvgIpc) is 2.46. The van der Waals surface area contributed by atoms with Crippen molar-refractivity contribution in [2.75, 3.05) is 18.2 Å². The van der Waals surface area contributed by atoms with Gasteiger partial charge in [-0.2, -0.15) is 0 Å². The van der Waals surface area contributed by atoms with E-state index in [2.05, 4.69) is 14.9 Å². The van der Waals surface area contributed by atoms with E-state index < -0.39 is 6.36 Å². The predicted molar refractivity (Wildman–Crippen MR) is 79.0 cm³/mol. The third-order valence-corrected chi connectivity index (χ3v) is 3.41. The molecule has 0 aliphatic rings. The fourth-order valence-corrected chi connectivity index (χ4v) is 2.15. The minimum atomic E-state index is -4.69. The number of hydrogen-bond donors (Lipinski definition) is 0. The molecule has 0 amide bonds. The van der Waals surface area contributed by atoms with Crippen molar-refractivity contribution in [2.24, 2.45) is 0 Å². The van der Waals surface area contributed by atoms with Crippen molar-refractivity contribution in [1.29, 1.82) is 0 Å². The summed E-state index contributed by atoms with van der Waals surface area (Å²) in [6.45, 7) is 0.391. The molecule has 4 nitrogen and oxygen atoms in total. The van der Waals surface area contributed by atoms with E-state index in [1.54, 1.807) is 18.0 Å². The predicted octanol–water partition coefficient (Wildman–Crippen LogP) is 3.73. The highest BCUT2D eigenvalue weighted by Gasteiger charge is 2.31. The van der Waals surface area contributed by atoms with Gasteiger partial charge in [0.25, 0.3) is 0 Å². The zero-order chi connectivity index (χ0) is 16.2. The Morgan fingerprint density at radius 3 is 2.55 bits per heavy atom. The smallest absolute Gasteiger partial charge is 0.406 e. The van der Waals surface area contributed by atoms with Crippen LogP contribution in [0.2, 0.25) is 0 Å². The summed E-state index contributed by atoms with van der Waals surface area (Å²) in [5, 5.41) is 8.90. The zero-order valence-electron chi connectivity index (χ0n) is 12.0.